The second-order valence-corrected chi connectivity index (χ2v) is 5.28. The fourth-order valence-corrected chi connectivity index (χ4v) is 2.57. The van der Waals surface area contributed by atoms with Crippen LogP contribution in [0.1, 0.15) is 23.4 Å². The van der Waals surface area contributed by atoms with Gasteiger partial charge in [0.1, 0.15) is 11.5 Å². The molecule has 3 nitrogen and oxygen atoms in total. The van der Waals surface area contributed by atoms with Crippen LogP contribution in [0, 0.1) is 0 Å². The summed E-state index contributed by atoms with van der Waals surface area (Å²) in [4.78, 5) is 1.34. The summed E-state index contributed by atoms with van der Waals surface area (Å²) in [7, 11) is 0. The zero-order valence-corrected chi connectivity index (χ0v) is 11.1. The lowest BCUT2D eigenvalue weighted by atomic mass is 10.1. The van der Waals surface area contributed by atoms with Crippen molar-refractivity contribution in [2.45, 2.75) is 19.4 Å². The van der Waals surface area contributed by atoms with E-state index in [1.165, 1.54) is 17.0 Å². The maximum Gasteiger partial charge on any atom is 0.120 e. The molecule has 0 fully saturated rings. The fourth-order valence-electron chi connectivity index (χ4n) is 1.87. The first-order valence-electron chi connectivity index (χ1n) is 5.94. The zero-order valence-electron chi connectivity index (χ0n) is 10.3. The van der Waals surface area contributed by atoms with Crippen LogP contribution >= 0.6 is 11.3 Å². The van der Waals surface area contributed by atoms with E-state index >= 15 is 0 Å². The van der Waals surface area contributed by atoms with Crippen molar-refractivity contribution >= 4 is 11.3 Å². The highest BCUT2D eigenvalue weighted by molar-refractivity contribution is 7.09. The van der Waals surface area contributed by atoms with Crippen molar-refractivity contribution in [3.63, 3.8) is 0 Å². The molecule has 1 aromatic carbocycles. The predicted molar refractivity (Wildman–Crippen MR) is 74.2 cm³/mol. The maximum atomic E-state index is 9.74. The van der Waals surface area contributed by atoms with Crippen LogP contribution in [0.5, 0.6) is 11.5 Å². The lowest BCUT2D eigenvalue weighted by Crippen LogP contribution is -2.21. The lowest BCUT2D eigenvalue weighted by molar-refractivity contribution is 0.441. The van der Waals surface area contributed by atoms with Crippen LogP contribution in [0.4, 0.5) is 0 Å². The molecule has 2 aromatic rings. The molecular formula is C14H17NO2S. The SMILES string of the molecule is CC(NCCc1cccs1)c1cc(O)ccc1O. The Morgan fingerprint density at radius 1 is 1.28 bits per heavy atom. The Balaban J connectivity index is 1.91. The summed E-state index contributed by atoms with van der Waals surface area (Å²) in [6, 6.07) is 8.77. The number of benzene rings is 1. The summed E-state index contributed by atoms with van der Waals surface area (Å²) in [6.07, 6.45) is 0.974. The lowest BCUT2D eigenvalue weighted by Gasteiger charge is -2.15. The van der Waals surface area contributed by atoms with Crippen LogP contribution in [-0.2, 0) is 6.42 Å². The van der Waals surface area contributed by atoms with Gasteiger partial charge in [-0.1, -0.05) is 6.07 Å². The topological polar surface area (TPSA) is 52.5 Å². The first-order chi connectivity index (χ1) is 8.66. The normalized spacial score (nSPS) is 12.5. The molecule has 1 heterocycles. The average Bonchev–Trinajstić information content (AvgIpc) is 2.85. The van der Waals surface area contributed by atoms with E-state index in [1.807, 2.05) is 13.0 Å². The number of aromatic hydroxyl groups is 2. The van der Waals surface area contributed by atoms with Crippen molar-refractivity contribution in [2.24, 2.45) is 0 Å². The van der Waals surface area contributed by atoms with Crippen LogP contribution in [0.2, 0.25) is 0 Å². The molecule has 0 amide bonds. The molecule has 18 heavy (non-hydrogen) atoms. The Kier molecular flexibility index (Phi) is 4.23. The van der Waals surface area contributed by atoms with Gasteiger partial charge in [0.2, 0.25) is 0 Å². The molecule has 96 valence electrons. The molecule has 2 rings (SSSR count). The van der Waals surface area contributed by atoms with Gasteiger partial charge in [0, 0.05) is 23.0 Å². The van der Waals surface area contributed by atoms with E-state index in [-0.39, 0.29) is 17.5 Å². The summed E-state index contributed by atoms with van der Waals surface area (Å²) in [5.41, 5.74) is 0.723. The fraction of sp³-hybridized carbons (Fsp3) is 0.286. The third-order valence-electron chi connectivity index (χ3n) is 2.88. The van der Waals surface area contributed by atoms with Crippen molar-refractivity contribution in [3.05, 3.63) is 46.2 Å². The van der Waals surface area contributed by atoms with Gasteiger partial charge in [-0.05, 0) is 43.0 Å². The monoisotopic (exact) mass is 263 g/mol. The van der Waals surface area contributed by atoms with Gasteiger partial charge in [-0.15, -0.1) is 11.3 Å². The molecular weight excluding hydrogens is 246 g/mol. The van der Waals surface area contributed by atoms with E-state index in [1.54, 1.807) is 17.4 Å². The molecule has 0 aliphatic carbocycles. The van der Waals surface area contributed by atoms with E-state index in [2.05, 4.69) is 16.8 Å². The smallest absolute Gasteiger partial charge is 0.120 e. The first-order valence-corrected chi connectivity index (χ1v) is 6.82. The highest BCUT2D eigenvalue weighted by Gasteiger charge is 2.10. The number of thiophene rings is 1. The third kappa shape index (κ3) is 3.24. The molecule has 0 aliphatic heterocycles. The van der Waals surface area contributed by atoms with Crippen molar-refractivity contribution in [1.82, 2.24) is 5.32 Å². The molecule has 0 aliphatic rings. The molecule has 1 unspecified atom stereocenters. The Morgan fingerprint density at radius 2 is 2.11 bits per heavy atom. The minimum Gasteiger partial charge on any atom is -0.508 e. The van der Waals surface area contributed by atoms with Crippen molar-refractivity contribution in [2.75, 3.05) is 6.54 Å². The van der Waals surface area contributed by atoms with Gasteiger partial charge in [0.05, 0.1) is 0 Å². The van der Waals surface area contributed by atoms with E-state index in [0.29, 0.717) is 0 Å². The quantitative estimate of drug-likeness (QED) is 0.727. The van der Waals surface area contributed by atoms with Gasteiger partial charge < -0.3 is 15.5 Å². The van der Waals surface area contributed by atoms with Crippen molar-refractivity contribution in [1.29, 1.82) is 0 Å². The van der Waals surface area contributed by atoms with Crippen molar-refractivity contribution in [3.8, 4) is 11.5 Å². The van der Waals surface area contributed by atoms with Crippen molar-refractivity contribution < 1.29 is 10.2 Å². The Hall–Kier alpha value is -1.52. The van der Waals surface area contributed by atoms with E-state index in [9.17, 15) is 10.2 Å². The molecule has 3 N–H and O–H groups in total. The van der Waals surface area contributed by atoms with Crippen LogP contribution in [0.25, 0.3) is 0 Å². The highest BCUT2D eigenvalue weighted by atomic mass is 32.1. The second kappa shape index (κ2) is 5.89. The van der Waals surface area contributed by atoms with E-state index in [4.69, 9.17) is 0 Å². The Labute approximate surface area is 111 Å². The average molecular weight is 263 g/mol. The van der Waals surface area contributed by atoms with Crippen LogP contribution < -0.4 is 5.32 Å². The molecule has 0 spiro atoms. The minimum atomic E-state index is 0.0112. The second-order valence-electron chi connectivity index (χ2n) is 4.25. The van der Waals surface area contributed by atoms with E-state index in [0.717, 1.165) is 18.5 Å². The number of phenolic OH excluding ortho intramolecular Hbond substituents is 2. The van der Waals surface area contributed by atoms with Crippen LogP contribution in [0.15, 0.2) is 35.7 Å². The van der Waals surface area contributed by atoms with Gasteiger partial charge in [-0.3, -0.25) is 0 Å². The highest BCUT2D eigenvalue weighted by Crippen LogP contribution is 2.27. The Morgan fingerprint density at radius 3 is 2.83 bits per heavy atom. The molecule has 0 saturated carbocycles. The largest absolute Gasteiger partial charge is 0.508 e. The molecule has 4 heteroatoms. The number of nitrogens with one attached hydrogen (secondary N) is 1. The van der Waals surface area contributed by atoms with Crippen LogP contribution in [-0.4, -0.2) is 16.8 Å². The predicted octanol–water partition coefficient (Wildman–Crippen LogP) is 3.05. The van der Waals surface area contributed by atoms with Gasteiger partial charge in [0.15, 0.2) is 0 Å². The first kappa shape index (κ1) is 12.9. The summed E-state index contributed by atoms with van der Waals surface area (Å²) in [6.45, 7) is 2.82. The Bertz CT molecular complexity index is 497. The van der Waals surface area contributed by atoms with E-state index < -0.39 is 0 Å². The van der Waals surface area contributed by atoms with Gasteiger partial charge in [-0.25, -0.2) is 0 Å². The molecule has 0 bridgehead atoms. The van der Waals surface area contributed by atoms with Crippen LogP contribution in [0.3, 0.4) is 0 Å². The van der Waals surface area contributed by atoms with Gasteiger partial charge in [0.25, 0.3) is 0 Å². The number of rotatable bonds is 5. The summed E-state index contributed by atoms with van der Waals surface area (Å²) in [5.74, 6) is 0.388. The zero-order chi connectivity index (χ0) is 13.0. The summed E-state index contributed by atoms with van der Waals surface area (Å²) < 4.78 is 0. The molecule has 0 saturated heterocycles. The number of hydrogen-bond acceptors (Lipinski definition) is 4. The number of phenols is 2. The molecule has 1 aromatic heterocycles. The number of hydrogen-bond donors (Lipinski definition) is 3. The minimum absolute atomic E-state index is 0.0112. The standard InChI is InChI=1S/C14H17NO2S/c1-10(13-9-11(16)4-5-14(13)17)15-7-6-12-3-2-8-18-12/h2-5,8-10,15-17H,6-7H2,1H3. The molecule has 1 atom stereocenters. The van der Waals surface area contributed by atoms with Gasteiger partial charge >= 0.3 is 0 Å². The third-order valence-corrected chi connectivity index (χ3v) is 3.82. The summed E-state index contributed by atoms with van der Waals surface area (Å²) in [5, 5.41) is 24.6. The maximum absolute atomic E-state index is 9.74. The van der Waals surface area contributed by atoms with Gasteiger partial charge in [-0.2, -0.15) is 0 Å². The molecule has 0 radical (unpaired) electrons. The summed E-state index contributed by atoms with van der Waals surface area (Å²) >= 11 is 1.75.